The Morgan fingerprint density at radius 3 is 2.89 bits per heavy atom. The van der Waals surface area contributed by atoms with Crippen molar-refractivity contribution in [3.8, 4) is 0 Å². The number of amides is 2. The number of carbonyl (C=O) groups is 3. The van der Waals surface area contributed by atoms with E-state index in [-0.39, 0.29) is 37.0 Å². The molecule has 1 saturated heterocycles. The van der Waals surface area contributed by atoms with Gasteiger partial charge in [-0.1, -0.05) is 6.92 Å². The molecule has 0 aliphatic carbocycles. The van der Waals surface area contributed by atoms with Crippen molar-refractivity contribution in [2.75, 3.05) is 13.1 Å². The number of nitrogens with two attached hydrogens (primary N) is 1. The first-order chi connectivity index (χ1) is 13.9. The van der Waals surface area contributed by atoms with E-state index in [9.17, 15) is 28.0 Å². The van der Waals surface area contributed by atoms with Gasteiger partial charge in [0.2, 0.25) is 11.8 Å². The SMILES string of the molecule is [2H][C@H]1C(=O)[C@]([2H])(NC(=O)CCC(C)C(N)=O)CCCN1S(=O)(=O)c1cccc[n+]1[O-]. The van der Waals surface area contributed by atoms with Crippen LogP contribution in [0.15, 0.2) is 29.4 Å². The molecule has 2 rings (SSSR count). The Kier molecular flexibility index (Phi) is 6.12. The van der Waals surface area contributed by atoms with Gasteiger partial charge in [0.1, 0.15) is 0 Å². The molecular weight excluding hydrogens is 388 g/mol. The van der Waals surface area contributed by atoms with Crippen LogP contribution in [0.1, 0.15) is 35.3 Å². The second kappa shape index (κ2) is 9.11. The van der Waals surface area contributed by atoms with Gasteiger partial charge < -0.3 is 16.3 Å². The van der Waals surface area contributed by atoms with Crippen LogP contribution in [0.25, 0.3) is 0 Å². The number of aromatic nitrogens is 1. The molecule has 2 heterocycles. The third-order valence-electron chi connectivity index (χ3n) is 4.31. The first-order valence-electron chi connectivity index (χ1n) is 9.75. The number of rotatable bonds is 7. The predicted octanol–water partition coefficient (Wildman–Crippen LogP) is -0.940. The van der Waals surface area contributed by atoms with Crippen molar-refractivity contribution >= 4 is 27.6 Å². The second-order valence-corrected chi connectivity index (χ2v) is 8.28. The van der Waals surface area contributed by atoms with E-state index >= 15 is 0 Å². The van der Waals surface area contributed by atoms with Gasteiger partial charge in [0.15, 0.2) is 12.0 Å². The first-order valence-corrected chi connectivity index (χ1v) is 10.1. The number of Topliss-reactive ketones (excluding diaryl/α,β-unsaturated/α-hetero) is 1. The highest BCUT2D eigenvalue weighted by molar-refractivity contribution is 7.89. The molecule has 0 bridgehead atoms. The number of carbonyl (C=O) groups excluding carboxylic acids is 3. The Morgan fingerprint density at radius 1 is 1.54 bits per heavy atom. The molecule has 1 aromatic heterocycles. The molecule has 10 nitrogen and oxygen atoms in total. The maximum Gasteiger partial charge on any atom is 0.323 e. The van der Waals surface area contributed by atoms with Crippen molar-refractivity contribution in [3.05, 3.63) is 29.6 Å². The predicted molar refractivity (Wildman–Crippen MR) is 97.9 cm³/mol. The smallest absolute Gasteiger partial charge is 0.323 e. The van der Waals surface area contributed by atoms with Crippen molar-refractivity contribution in [3.63, 3.8) is 0 Å². The third kappa shape index (κ3) is 5.26. The molecule has 1 fully saturated rings. The van der Waals surface area contributed by atoms with Gasteiger partial charge in [-0.15, -0.1) is 0 Å². The molecule has 0 aromatic carbocycles. The lowest BCUT2D eigenvalue weighted by atomic mass is 10.0. The zero-order valence-corrected chi connectivity index (χ0v) is 16.1. The summed E-state index contributed by atoms with van der Waals surface area (Å²) in [5.74, 6) is -2.97. The van der Waals surface area contributed by atoms with E-state index in [1.807, 2.05) is 0 Å². The summed E-state index contributed by atoms with van der Waals surface area (Å²) in [5.41, 5.74) is 5.14. The maximum atomic E-state index is 12.8. The number of hydrogen-bond acceptors (Lipinski definition) is 6. The Morgan fingerprint density at radius 2 is 2.25 bits per heavy atom. The number of hydrogen-bond donors (Lipinski definition) is 2. The lowest BCUT2D eigenvalue weighted by molar-refractivity contribution is -0.646. The normalized spacial score (nSPS) is 25.9. The molecule has 3 atom stereocenters. The van der Waals surface area contributed by atoms with Crippen LogP contribution in [0.4, 0.5) is 0 Å². The fourth-order valence-corrected chi connectivity index (χ4v) is 3.96. The van der Waals surface area contributed by atoms with Gasteiger partial charge in [-0.2, -0.15) is 9.04 Å². The minimum Gasteiger partial charge on any atom is -0.618 e. The van der Waals surface area contributed by atoms with Crippen LogP contribution in [-0.2, 0) is 24.4 Å². The topological polar surface area (TPSA) is 154 Å². The fourth-order valence-electron chi connectivity index (χ4n) is 2.57. The molecule has 1 aromatic rings. The van der Waals surface area contributed by atoms with Crippen LogP contribution in [0, 0.1) is 11.1 Å². The van der Waals surface area contributed by atoms with E-state index in [1.54, 1.807) is 0 Å². The summed E-state index contributed by atoms with van der Waals surface area (Å²) in [6.45, 7) is -0.746. The summed E-state index contributed by atoms with van der Waals surface area (Å²) in [7, 11) is -4.48. The van der Waals surface area contributed by atoms with Gasteiger partial charge in [-0.25, -0.2) is 8.42 Å². The van der Waals surface area contributed by atoms with Crippen LogP contribution in [0.3, 0.4) is 0 Å². The van der Waals surface area contributed by atoms with Gasteiger partial charge >= 0.3 is 15.0 Å². The molecule has 28 heavy (non-hydrogen) atoms. The number of nitrogens with one attached hydrogen (secondary N) is 1. The lowest BCUT2D eigenvalue weighted by Crippen LogP contribution is -2.46. The summed E-state index contributed by atoms with van der Waals surface area (Å²) in [6, 6.07) is 1.52. The summed E-state index contributed by atoms with van der Waals surface area (Å²) < 4.78 is 42.8. The van der Waals surface area contributed by atoms with Gasteiger partial charge in [0.05, 0.1) is 15.3 Å². The number of ketones is 1. The summed E-state index contributed by atoms with van der Waals surface area (Å²) >= 11 is 0. The van der Waals surface area contributed by atoms with Gasteiger partial charge in [0.25, 0.3) is 0 Å². The van der Waals surface area contributed by atoms with Crippen LogP contribution >= 0.6 is 0 Å². The highest BCUT2D eigenvalue weighted by Crippen LogP contribution is 2.17. The standard InChI is InChI=1S/C17H24N4O6S/c1-12(17(18)24)7-8-15(23)19-13-5-4-9-20(11-14(13)22)28(26,27)16-6-2-3-10-21(16)25/h2-3,6,10,12-13H,4-5,7-9,11H2,1H3,(H2,18,24)(H,19,23)/t12?,13-/m1/s1/i11D,13D/t11-,12?,13+/m0. The molecule has 3 N–H and O–H groups in total. The Labute approximate surface area is 166 Å². The molecule has 1 aliphatic heterocycles. The van der Waals surface area contributed by atoms with Gasteiger partial charge in [0, 0.05) is 31.0 Å². The molecule has 154 valence electrons. The molecule has 1 aliphatic rings. The highest BCUT2D eigenvalue weighted by Gasteiger charge is 2.36. The van der Waals surface area contributed by atoms with Crippen molar-refractivity contribution in [1.82, 2.24) is 9.62 Å². The molecule has 11 heteroatoms. The molecule has 0 radical (unpaired) electrons. The summed E-state index contributed by atoms with van der Waals surface area (Å²) in [6.07, 6.45) is 0.730. The Hall–Kier alpha value is -2.53. The minimum absolute atomic E-state index is 0.00745. The van der Waals surface area contributed by atoms with E-state index in [0.29, 0.717) is 4.31 Å². The quantitative estimate of drug-likeness (QED) is 0.434. The number of sulfonamides is 1. The number of primary amides is 1. The number of pyridine rings is 1. The minimum atomic E-state index is -4.48. The first kappa shape index (κ1) is 18.8. The monoisotopic (exact) mass is 414 g/mol. The average Bonchev–Trinajstić information content (AvgIpc) is 2.78. The fraction of sp³-hybridized carbons (Fsp3) is 0.529. The van der Waals surface area contributed by atoms with Crippen LogP contribution in [-0.4, -0.2) is 49.4 Å². The largest absolute Gasteiger partial charge is 0.618 e. The summed E-state index contributed by atoms with van der Waals surface area (Å²) in [4.78, 5) is 36.0. The van der Waals surface area contributed by atoms with E-state index in [0.717, 1.165) is 12.3 Å². The molecule has 1 unspecified atom stereocenters. The van der Waals surface area contributed by atoms with Crippen molar-refractivity contribution < 1.29 is 30.3 Å². The van der Waals surface area contributed by atoms with Crippen molar-refractivity contribution in [2.24, 2.45) is 11.7 Å². The lowest BCUT2D eigenvalue weighted by Gasteiger charge is -2.19. The summed E-state index contributed by atoms with van der Waals surface area (Å²) in [5, 5.41) is 13.5. The van der Waals surface area contributed by atoms with Crippen molar-refractivity contribution in [1.29, 1.82) is 0 Å². The van der Waals surface area contributed by atoms with E-state index in [2.05, 4.69) is 5.32 Å². The van der Waals surface area contributed by atoms with E-state index < -0.39 is 51.1 Å². The number of nitrogens with zero attached hydrogens (tertiary/aromatic N) is 2. The molecule has 2 amide bonds. The molecule has 0 saturated carbocycles. The average molecular weight is 414 g/mol. The van der Waals surface area contributed by atoms with E-state index in [4.69, 9.17) is 8.48 Å². The van der Waals surface area contributed by atoms with Gasteiger partial charge in [-0.3, -0.25) is 14.4 Å². The third-order valence-corrected chi connectivity index (χ3v) is 6.06. The van der Waals surface area contributed by atoms with Crippen LogP contribution in [0.5, 0.6) is 0 Å². The van der Waals surface area contributed by atoms with Crippen LogP contribution in [0.2, 0.25) is 0 Å². The van der Waals surface area contributed by atoms with Crippen molar-refractivity contribution in [2.45, 2.75) is 43.7 Å². The van der Waals surface area contributed by atoms with Gasteiger partial charge in [-0.05, 0) is 25.3 Å². The Balaban J connectivity index is 2.20. The zero-order chi connectivity index (χ0) is 22.7. The molecule has 0 spiro atoms. The zero-order valence-electron chi connectivity index (χ0n) is 17.3. The van der Waals surface area contributed by atoms with E-state index in [1.165, 1.54) is 19.1 Å². The highest BCUT2D eigenvalue weighted by atomic mass is 32.2. The Bertz CT molecular complexity index is 944. The molecular formula is C17H24N4O6S. The second-order valence-electron chi connectivity index (χ2n) is 6.45. The van der Waals surface area contributed by atoms with Crippen LogP contribution < -0.4 is 15.8 Å². The maximum absolute atomic E-state index is 12.8.